The van der Waals surface area contributed by atoms with E-state index in [1.54, 1.807) is 19.1 Å². The van der Waals surface area contributed by atoms with E-state index >= 15 is 0 Å². The topological polar surface area (TPSA) is 57.5 Å². The van der Waals surface area contributed by atoms with Crippen LogP contribution in [0.25, 0.3) is 0 Å². The minimum Gasteiger partial charge on any atom is -0.478 e. The van der Waals surface area contributed by atoms with Gasteiger partial charge in [0, 0.05) is 10.6 Å². The van der Waals surface area contributed by atoms with E-state index in [-0.39, 0.29) is 10.6 Å². The lowest BCUT2D eigenvalue weighted by atomic mass is 10.2. The summed E-state index contributed by atoms with van der Waals surface area (Å²) in [5.74, 6) is -0.477. The van der Waals surface area contributed by atoms with E-state index < -0.39 is 12.1 Å². The van der Waals surface area contributed by atoms with Crippen LogP contribution in [0, 0.1) is 0 Å². The largest absolute Gasteiger partial charge is 0.478 e. The Morgan fingerprint density at radius 1 is 1.60 bits per heavy atom. The summed E-state index contributed by atoms with van der Waals surface area (Å²) in [6.45, 7) is 1.69. The predicted octanol–water partition coefficient (Wildman–Crippen LogP) is 2.51. The summed E-state index contributed by atoms with van der Waals surface area (Å²) in [5.41, 5.74) is 0.0954. The highest BCUT2D eigenvalue weighted by molar-refractivity contribution is 7.99. The fraction of sp³-hybridized carbons (Fsp3) is 0.300. The average molecular weight is 247 g/mol. The van der Waals surface area contributed by atoms with Crippen LogP contribution in [0.1, 0.15) is 17.3 Å². The Morgan fingerprint density at radius 2 is 2.27 bits per heavy atom. The molecule has 0 radical (unpaired) electrons. The lowest BCUT2D eigenvalue weighted by molar-refractivity contribution is 0.0697. The van der Waals surface area contributed by atoms with Crippen LogP contribution in [-0.4, -0.2) is 28.0 Å². The first-order valence-electron chi connectivity index (χ1n) is 4.34. The number of hydrogen-bond donors (Lipinski definition) is 2. The van der Waals surface area contributed by atoms with Gasteiger partial charge < -0.3 is 10.2 Å². The Bertz CT molecular complexity index is 366. The molecule has 0 aliphatic carbocycles. The molecule has 0 saturated carbocycles. The van der Waals surface area contributed by atoms with Gasteiger partial charge in [0.05, 0.1) is 16.7 Å². The summed E-state index contributed by atoms with van der Waals surface area (Å²) in [5, 5.41) is 18.0. The number of aliphatic hydroxyl groups is 1. The van der Waals surface area contributed by atoms with Crippen LogP contribution in [0.4, 0.5) is 0 Å². The number of thioether (sulfide) groups is 1. The lowest BCUT2D eigenvalue weighted by Gasteiger charge is -2.05. The lowest BCUT2D eigenvalue weighted by Crippen LogP contribution is -2.02. The molecule has 1 aromatic rings. The van der Waals surface area contributed by atoms with Crippen LogP contribution in [0.5, 0.6) is 0 Å². The number of hydrogen-bond acceptors (Lipinski definition) is 3. The minimum atomic E-state index is -1.04. The molecule has 0 bridgehead atoms. The van der Waals surface area contributed by atoms with Gasteiger partial charge in [-0.05, 0) is 25.1 Å². The minimum absolute atomic E-state index is 0.0954. The second-order valence-electron chi connectivity index (χ2n) is 3.11. The maximum atomic E-state index is 10.7. The van der Waals surface area contributed by atoms with Crippen molar-refractivity contribution in [2.45, 2.75) is 17.9 Å². The van der Waals surface area contributed by atoms with Gasteiger partial charge in [0.25, 0.3) is 0 Å². The average Bonchev–Trinajstić information content (AvgIpc) is 2.14. The van der Waals surface area contributed by atoms with Crippen molar-refractivity contribution in [2.24, 2.45) is 0 Å². The molecular formula is C10H11ClO3S. The van der Waals surface area contributed by atoms with Gasteiger partial charge in [-0.2, -0.15) is 0 Å². The number of rotatable bonds is 4. The third-order valence-electron chi connectivity index (χ3n) is 1.66. The van der Waals surface area contributed by atoms with Crippen molar-refractivity contribution in [3.8, 4) is 0 Å². The summed E-state index contributed by atoms with van der Waals surface area (Å²) >= 11 is 7.22. The molecule has 0 amide bonds. The number of carbonyl (C=O) groups is 1. The van der Waals surface area contributed by atoms with Gasteiger partial charge >= 0.3 is 5.97 Å². The number of carboxylic acid groups (broad SMARTS) is 1. The van der Waals surface area contributed by atoms with Crippen molar-refractivity contribution < 1.29 is 15.0 Å². The van der Waals surface area contributed by atoms with Crippen LogP contribution in [0.3, 0.4) is 0 Å². The molecule has 1 aromatic carbocycles. The van der Waals surface area contributed by atoms with E-state index in [1.807, 2.05) is 0 Å². The molecule has 0 aliphatic heterocycles. The summed E-state index contributed by atoms with van der Waals surface area (Å²) in [6, 6.07) is 4.75. The van der Waals surface area contributed by atoms with Crippen molar-refractivity contribution in [1.29, 1.82) is 0 Å². The summed E-state index contributed by atoms with van der Waals surface area (Å²) in [7, 11) is 0. The van der Waals surface area contributed by atoms with Crippen molar-refractivity contribution in [3.63, 3.8) is 0 Å². The summed E-state index contributed by atoms with van der Waals surface area (Å²) in [4.78, 5) is 11.5. The molecular weight excluding hydrogens is 236 g/mol. The van der Waals surface area contributed by atoms with Gasteiger partial charge in [-0.1, -0.05) is 11.6 Å². The van der Waals surface area contributed by atoms with Crippen LogP contribution in [-0.2, 0) is 0 Å². The van der Waals surface area contributed by atoms with E-state index in [2.05, 4.69) is 0 Å². The van der Waals surface area contributed by atoms with E-state index in [1.165, 1.54) is 17.8 Å². The molecule has 5 heteroatoms. The van der Waals surface area contributed by atoms with Crippen molar-refractivity contribution in [1.82, 2.24) is 0 Å². The second kappa shape index (κ2) is 5.39. The highest BCUT2D eigenvalue weighted by Crippen LogP contribution is 2.25. The maximum Gasteiger partial charge on any atom is 0.337 e. The van der Waals surface area contributed by atoms with E-state index in [0.29, 0.717) is 5.75 Å². The highest BCUT2D eigenvalue weighted by atomic mass is 35.5. The quantitative estimate of drug-likeness (QED) is 0.802. The molecule has 0 fully saturated rings. The molecule has 0 spiro atoms. The number of aliphatic hydroxyl groups excluding tert-OH is 1. The van der Waals surface area contributed by atoms with Crippen molar-refractivity contribution in [2.75, 3.05) is 5.75 Å². The molecule has 0 unspecified atom stereocenters. The van der Waals surface area contributed by atoms with Gasteiger partial charge in [-0.25, -0.2) is 4.79 Å². The molecule has 3 nitrogen and oxygen atoms in total. The Balaban J connectivity index is 2.78. The van der Waals surface area contributed by atoms with Gasteiger partial charge in [0.2, 0.25) is 0 Å². The molecule has 1 rings (SSSR count). The van der Waals surface area contributed by atoms with Gasteiger partial charge in [-0.3, -0.25) is 0 Å². The molecule has 0 heterocycles. The fourth-order valence-electron chi connectivity index (χ4n) is 0.976. The first kappa shape index (κ1) is 12.4. The number of halogens is 1. The van der Waals surface area contributed by atoms with E-state index in [9.17, 15) is 4.79 Å². The number of benzene rings is 1. The molecule has 0 aliphatic rings. The van der Waals surface area contributed by atoms with Gasteiger partial charge in [0.15, 0.2) is 0 Å². The van der Waals surface area contributed by atoms with Gasteiger partial charge in [0.1, 0.15) is 0 Å². The third kappa shape index (κ3) is 3.74. The Morgan fingerprint density at radius 3 is 2.73 bits per heavy atom. The molecule has 0 aromatic heterocycles. The molecule has 2 N–H and O–H groups in total. The van der Waals surface area contributed by atoms with E-state index in [4.69, 9.17) is 21.8 Å². The molecule has 0 saturated heterocycles. The molecule has 1 atom stereocenters. The SMILES string of the molecule is C[C@@H](O)CSc1ccc(C(=O)O)c(Cl)c1. The van der Waals surface area contributed by atoms with Crippen LogP contribution >= 0.6 is 23.4 Å². The maximum absolute atomic E-state index is 10.7. The number of carboxylic acids is 1. The first-order chi connectivity index (χ1) is 7.00. The van der Waals surface area contributed by atoms with Gasteiger partial charge in [-0.15, -0.1) is 11.8 Å². The summed E-state index contributed by atoms with van der Waals surface area (Å²) < 4.78 is 0. The Hall–Kier alpha value is -0.710. The normalized spacial score (nSPS) is 12.5. The highest BCUT2D eigenvalue weighted by Gasteiger charge is 2.09. The monoisotopic (exact) mass is 246 g/mol. The second-order valence-corrected chi connectivity index (χ2v) is 4.61. The summed E-state index contributed by atoms with van der Waals surface area (Å²) in [6.07, 6.45) is -0.395. The standard InChI is InChI=1S/C10H11ClO3S/c1-6(12)5-15-7-2-3-8(10(13)14)9(11)4-7/h2-4,6,12H,5H2,1H3,(H,13,14)/t6-/m1/s1. The smallest absolute Gasteiger partial charge is 0.337 e. The zero-order valence-electron chi connectivity index (χ0n) is 8.11. The fourth-order valence-corrected chi connectivity index (χ4v) is 2.10. The molecule has 15 heavy (non-hydrogen) atoms. The van der Waals surface area contributed by atoms with Crippen LogP contribution in [0.2, 0.25) is 5.02 Å². The van der Waals surface area contributed by atoms with E-state index in [0.717, 1.165) is 4.90 Å². The zero-order valence-corrected chi connectivity index (χ0v) is 9.68. The zero-order chi connectivity index (χ0) is 11.4. The van der Waals surface area contributed by atoms with Crippen molar-refractivity contribution >= 4 is 29.3 Å². The number of aromatic carboxylic acids is 1. The third-order valence-corrected chi connectivity index (χ3v) is 3.21. The first-order valence-corrected chi connectivity index (χ1v) is 5.70. The predicted molar refractivity (Wildman–Crippen MR) is 60.8 cm³/mol. The van der Waals surface area contributed by atoms with Crippen LogP contribution in [0.15, 0.2) is 23.1 Å². The van der Waals surface area contributed by atoms with Crippen LogP contribution < -0.4 is 0 Å². The molecule has 82 valence electrons. The Labute approximate surface area is 97.1 Å². The van der Waals surface area contributed by atoms with Crippen molar-refractivity contribution in [3.05, 3.63) is 28.8 Å². The Kier molecular flexibility index (Phi) is 4.45.